The molecular formula is C14H26N4O. The van der Waals surface area contributed by atoms with Gasteiger partial charge in [-0.05, 0) is 20.8 Å². The highest BCUT2D eigenvalue weighted by atomic mass is 16.5. The summed E-state index contributed by atoms with van der Waals surface area (Å²) >= 11 is 0. The molecule has 1 heterocycles. The summed E-state index contributed by atoms with van der Waals surface area (Å²) in [5.41, 5.74) is 6.94. The summed E-state index contributed by atoms with van der Waals surface area (Å²) < 4.78 is 5.42. The second-order valence-electron chi connectivity index (χ2n) is 4.85. The number of rotatable bonds is 7. The SMILES string of the molecule is CCOCCN(CC)c1nc(C(C)C)nc(N)c1C. The Morgan fingerprint density at radius 2 is 1.95 bits per heavy atom. The van der Waals surface area contributed by atoms with Gasteiger partial charge in [0, 0.05) is 31.2 Å². The predicted octanol–water partition coefficient (Wildman–Crippen LogP) is 2.35. The second-order valence-corrected chi connectivity index (χ2v) is 4.85. The molecule has 19 heavy (non-hydrogen) atoms. The molecule has 0 atom stereocenters. The van der Waals surface area contributed by atoms with Crippen LogP contribution in [0.25, 0.3) is 0 Å². The van der Waals surface area contributed by atoms with Gasteiger partial charge >= 0.3 is 0 Å². The van der Waals surface area contributed by atoms with Gasteiger partial charge in [-0.3, -0.25) is 0 Å². The Hall–Kier alpha value is -1.36. The van der Waals surface area contributed by atoms with Crippen molar-refractivity contribution in [2.45, 2.75) is 40.5 Å². The van der Waals surface area contributed by atoms with Gasteiger partial charge in [0.1, 0.15) is 17.5 Å². The maximum absolute atomic E-state index is 6.00. The van der Waals surface area contributed by atoms with Gasteiger partial charge in [0.2, 0.25) is 0 Å². The number of nitrogen functional groups attached to an aromatic ring is 1. The number of nitrogens with two attached hydrogens (primary N) is 1. The topological polar surface area (TPSA) is 64.3 Å². The fourth-order valence-electron chi connectivity index (χ4n) is 1.84. The molecule has 1 aromatic heterocycles. The molecule has 0 amide bonds. The Labute approximate surface area is 116 Å². The summed E-state index contributed by atoms with van der Waals surface area (Å²) in [7, 11) is 0. The van der Waals surface area contributed by atoms with Crippen molar-refractivity contribution >= 4 is 11.6 Å². The van der Waals surface area contributed by atoms with E-state index in [2.05, 4.69) is 35.6 Å². The molecule has 108 valence electrons. The Morgan fingerprint density at radius 1 is 1.26 bits per heavy atom. The van der Waals surface area contributed by atoms with E-state index in [-0.39, 0.29) is 5.92 Å². The molecule has 0 aliphatic heterocycles. The summed E-state index contributed by atoms with van der Waals surface area (Å²) in [6, 6.07) is 0. The number of nitrogens with zero attached hydrogens (tertiary/aromatic N) is 3. The molecule has 1 aromatic rings. The van der Waals surface area contributed by atoms with E-state index >= 15 is 0 Å². The number of aromatic nitrogens is 2. The Balaban J connectivity index is 3.01. The van der Waals surface area contributed by atoms with Crippen molar-refractivity contribution in [3.05, 3.63) is 11.4 Å². The van der Waals surface area contributed by atoms with Gasteiger partial charge in [-0.2, -0.15) is 0 Å². The second kappa shape index (κ2) is 7.28. The van der Waals surface area contributed by atoms with Gasteiger partial charge in [0.05, 0.1) is 6.61 Å². The molecule has 5 heteroatoms. The van der Waals surface area contributed by atoms with E-state index in [1.807, 2.05) is 13.8 Å². The maximum atomic E-state index is 6.00. The molecule has 0 unspecified atom stereocenters. The fraction of sp³-hybridized carbons (Fsp3) is 0.714. The van der Waals surface area contributed by atoms with Crippen LogP contribution in [0.5, 0.6) is 0 Å². The lowest BCUT2D eigenvalue weighted by Crippen LogP contribution is -2.29. The molecule has 0 radical (unpaired) electrons. The highest BCUT2D eigenvalue weighted by Gasteiger charge is 2.15. The normalized spacial score (nSPS) is 11.1. The smallest absolute Gasteiger partial charge is 0.137 e. The summed E-state index contributed by atoms with van der Waals surface area (Å²) in [5.74, 6) is 2.57. The maximum Gasteiger partial charge on any atom is 0.137 e. The van der Waals surface area contributed by atoms with Crippen molar-refractivity contribution in [3.8, 4) is 0 Å². The summed E-state index contributed by atoms with van der Waals surface area (Å²) in [4.78, 5) is 11.2. The van der Waals surface area contributed by atoms with Crippen LogP contribution in [-0.4, -0.2) is 36.3 Å². The number of anilines is 2. The lowest BCUT2D eigenvalue weighted by molar-refractivity contribution is 0.154. The van der Waals surface area contributed by atoms with E-state index in [9.17, 15) is 0 Å². The van der Waals surface area contributed by atoms with Crippen molar-refractivity contribution < 1.29 is 4.74 Å². The largest absolute Gasteiger partial charge is 0.383 e. The summed E-state index contributed by atoms with van der Waals surface area (Å²) in [6.45, 7) is 13.4. The number of ether oxygens (including phenoxy) is 1. The lowest BCUT2D eigenvalue weighted by Gasteiger charge is -2.25. The number of hydrogen-bond acceptors (Lipinski definition) is 5. The van der Waals surface area contributed by atoms with E-state index in [0.717, 1.165) is 36.9 Å². The van der Waals surface area contributed by atoms with E-state index in [0.29, 0.717) is 12.4 Å². The van der Waals surface area contributed by atoms with Crippen LogP contribution in [0.3, 0.4) is 0 Å². The molecule has 0 aliphatic rings. The first kappa shape index (κ1) is 15.7. The first-order valence-corrected chi connectivity index (χ1v) is 6.97. The molecule has 1 rings (SSSR count). The molecule has 0 saturated carbocycles. The first-order valence-electron chi connectivity index (χ1n) is 6.97. The van der Waals surface area contributed by atoms with Crippen molar-refractivity contribution in [2.75, 3.05) is 36.9 Å². The zero-order valence-corrected chi connectivity index (χ0v) is 12.7. The molecule has 0 fully saturated rings. The highest BCUT2D eigenvalue weighted by molar-refractivity contribution is 5.56. The lowest BCUT2D eigenvalue weighted by atomic mass is 10.2. The van der Waals surface area contributed by atoms with Crippen LogP contribution < -0.4 is 10.6 Å². The van der Waals surface area contributed by atoms with Crippen LogP contribution in [0, 0.1) is 6.92 Å². The molecule has 0 aliphatic carbocycles. The Kier molecular flexibility index (Phi) is 6.02. The van der Waals surface area contributed by atoms with Gasteiger partial charge in [-0.25, -0.2) is 9.97 Å². The minimum absolute atomic E-state index is 0.271. The van der Waals surface area contributed by atoms with Gasteiger partial charge in [0.15, 0.2) is 0 Å². The molecule has 2 N–H and O–H groups in total. The van der Waals surface area contributed by atoms with E-state index in [1.54, 1.807) is 0 Å². The minimum atomic E-state index is 0.271. The third-order valence-corrected chi connectivity index (χ3v) is 3.08. The van der Waals surface area contributed by atoms with E-state index in [4.69, 9.17) is 10.5 Å². The van der Waals surface area contributed by atoms with Crippen molar-refractivity contribution in [2.24, 2.45) is 0 Å². The molecule has 0 saturated heterocycles. The quantitative estimate of drug-likeness (QED) is 0.767. The summed E-state index contributed by atoms with van der Waals surface area (Å²) in [5, 5.41) is 0. The monoisotopic (exact) mass is 266 g/mol. The predicted molar refractivity (Wildman–Crippen MR) is 79.7 cm³/mol. The van der Waals surface area contributed by atoms with Crippen LogP contribution in [0.15, 0.2) is 0 Å². The molecule has 0 spiro atoms. The van der Waals surface area contributed by atoms with Crippen molar-refractivity contribution in [1.29, 1.82) is 0 Å². The number of likely N-dealkylation sites (N-methyl/N-ethyl adjacent to an activating group) is 1. The minimum Gasteiger partial charge on any atom is -0.383 e. The summed E-state index contributed by atoms with van der Waals surface area (Å²) in [6.07, 6.45) is 0. The zero-order valence-electron chi connectivity index (χ0n) is 12.7. The first-order chi connectivity index (χ1) is 9.01. The van der Waals surface area contributed by atoms with Gasteiger partial charge in [-0.1, -0.05) is 13.8 Å². The van der Waals surface area contributed by atoms with E-state index in [1.165, 1.54) is 0 Å². The third kappa shape index (κ3) is 4.06. The fourth-order valence-corrected chi connectivity index (χ4v) is 1.84. The van der Waals surface area contributed by atoms with Crippen LogP contribution in [0.2, 0.25) is 0 Å². The molecule has 5 nitrogen and oxygen atoms in total. The third-order valence-electron chi connectivity index (χ3n) is 3.08. The van der Waals surface area contributed by atoms with E-state index < -0.39 is 0 Å². The van der Waals surface area contributed by atoms with Crippen LogP contribution in [0.1, 0.15) is 45.0 Å². The Bertz CT molecular complexity index is 407. The zero-order chi connectivity index (χ0) is 14.4. The Morgan fingerprint density at radius 3 is 2.47 bits per heavy atom. The van der Waals surface area contributed by atoms with Crippen LogP contribution in [0.4, 0.5) is 11.6 Å². The highest BCUT2D eigenvalue weighted by Crippen LogP contribution is 2.24. The van der Waals surface area contributed by atoms with Crippen LogP contribution >= 0.6 is 0 Å². The van der Waals surface area contributed by atoms with Crippen LogP contribution in [-0.2, 0) is 4.74 Å². The van der Waals surface area contributed by atoms with Gasteiger partial charge in [0.25, 0.3) is 0 Å². The average molecular weight is 266 g/mol. The molecule has 0 bridgehead atoms. The number of hydrogen-bond donors (Lipinski definition) is 1. The van der Waals surface area contributed by atoms with Gasteiger partial charge < -0.3 is 15.4 Å². The molecular weight excluding hydrogens is 240 g/mol. The van der Waals surface area contributed by atoms with Crippen molar-refractivity contribution in [3.63, 3.8) is 0 Å². The van der Waals surface area contributed by atoms with Crippen molar-refractivity contribution in [1.82, 2.24) is 9.97 Å². The average Bonchev–Trinajstić information content (AvgIpc) is 2.38. The molecule has 0 aromatic carbocycles. The van der Waals surface area contributed by atoms with Gasteiger partial charge in [-0.15, -0.1) is 0 Å². The standard InChI is InChI=1S/C14H26N4O/c1-6-18(8-9-19-7-2)14-11(5)12(15)16-13(17-14)10(3)4/h10H,6-9H2,1-5H3,(H2,15,16,17).